The summed E-state index contributed by atoms with van der Waals surface area (Å²) < 4.78 is 5.43. The fourth-order valence-corrected chi connectivity index (χ4v) is 3.33. The highest BCUT2D eigenvalue weighted by Crippen LogP contribution is 2.28. The van der Waals surface area contributed by atoms with Crippen LogP contribution in [0.1, 0.15) is 12.0 Å². The first kappa shape index (κ1) is 14.6. The van der Waals surface area contributed by atoms with Crippen LogP contribution in [0.4, 0.5) is 0 Å². The molecule has 0 bridgehead atoms. The number of rotatable bonds is 3. The summed E-state index contributed by atoms with van der Waals surface area (Å²) >= 11 is 0. The van der Waals surface area contributed by atoms with Gasteiger partial charge in [0.1, 0.15) is 5.75 Å². The van der Waals surface area contributed by atoms with Crippen LogP contribution in [0, 0.1) is 11.8 Å². The van der Waals surface area contributed by atoms with Crippen molar-refractivity contribution in [2.75, 3.05) is 33.3 Å². The summed E-state index contributed by atoms with van der Waals surface area (Å²) in [6.45, 7) is 5.91. The first-order valence-corrected chi connectivity index (χ1v) is 6.92. The molecular weight excluding hydrogens is 260 g/mol. The summed E-state index contributed by atoms with van der Waals surface area (Å²) in [4.78, 5) is 2.58. The number of likely N-dealkylation sites (tertiary alicyclic amines) is 1. The fourth-order valence-electron chi connectivity index (χ4n) is 3.33. The minimum atomic E-state index is 0. The maximum absolute atomic E-state index is 5.43. The smallest absolute Gasteiger partial charge is 0.123 e. The number of benzene rings is 1. The number of methoxy groups -OCH3 is 1. The lowest BCUT2D eigenvalue weighted by Gasteiger charge is -2.34. The van der Waals surface area contributed by atoms with Crippen LogP contribution in [0.3, 0.4) is 0 Å². The topological polar surface area (TPSA) is 24.5 Å². The van der Waals surface area contributed by atoms with Crippen molar-refractivity contribution in [3.63, 3.8) is 0 Å². The molecule has 2 aliphatic heterocycles. The van der Waals surface area contributed by atoms with Crippen molar-refractivity contribution in [1.82, 2.24) is 10.2 Å². The summed E-state index contributed by atoms with van der Waals surface area (Å²) in [6.07, 6.45) is 1.34. The zero-order valence-corrected chi connectivity index (χ0v) is 12.3. The molecule has 3 nitrogen and oxygen atoms in total. The maximum atomic E-state index is 5.43. The Bertz CT molecular complexity index is 413. The van der Waals surface area contributed by atoms with Crippen LogP contribution in [0.2, 0.25) is 0 Å². The van der Waals surface area contributed by atoms with Crippen LogP contribution >= 0.6 is 12.4 Å². The zero-order chi connectivity index (χ0) is 12.4. The second-order valence-corrected chi connectivity index (χ2v) is 5.51. The third-order valence-corrected chi connectivity index (χ3v) is 4.38. The molecule has 0 radical (unpaired) electrons. The second kappa shape index (κ2) is 6.60. The lowest BCUT2D eigenvalue weighted by Crippen LogP contribution is -2.39. The van der Waals surface area contributed by atoms with Crippen LogP contribution < -0.4 is 10.1 Å². The van der Waals surface area contributed by atoms with Gasteiger partial charge in [-0.1, -0.05) is 18.2 Å². The number of hydrogen-bond acceptors (Lipinski definition) is 3. The molecule has 2 fully saturated rings. The Hall–Kier alpha value is -0.770. The highest BCUT2D eigenvalue weighted by molar-refractivity contribution is 5.85. The first-order chi connectivity index (χ1) is 8.86. The minimum absolute atomic E-state index is 0. The molecule has 1 aromatic rings. The van der Waals surface area contributed by atoms with E-state index in [1.54, 1.807) is 7.11 Å². The molecule has 2 unspecified atom stereocenters. The van der Waals surface area contributed by atoms with E-state index < -0.39 is 0 Å². The number of halogens is 1. The van der Waals surface area contributed by atoms with E-state index in [1.165, 1.54) is 38.2 Å². The molecule has 0 spiro atoms. The van der Waals surface area contributed by atoms with Crippen LogP contribution in [0.15, 0.2) is 24.3 Å². The monoisotopic (exact) mass is 282 g/mol. The quantitative estimate of drug-likeness (QED) is 0.919. The van der Waals surface area contributed by atoms with Crippen LogP contribution in [0.25, 0.3) is 0 Å². The van der Waals surface area contributed by atoms with Gasteiger partial charge in [-0.2, -0.15) is 0 Å². The summed E-state index contributed by atoms with van der Waals surface area (Å²) in [5.41, 5.74) is 1.31. The fraction of sp³-hybridized carbons (Fsp3) is 0.600. The minimum Gasteiger partial charge on any atom is -0.496 e. The van der Waals surface area contributed by atoms with Crippen LogP contribution in [-0.4, -0.2) is 38.2 Å². The van der Waals surface area contributed by atoms with Gasteiger partial charge in [0.15, 0.2) is 0 Å². The van der Waals surface area contributed by atoms with Crippen molar-refractivity contribution in [1.29, 1.82) is 0 Å². The van der Waals surface area contributed by atoms with E-state index >= 15 is 0 Å². The highest BCUT2D eigenvalue weighted by atomic mass is 35.5. The van der Waals surface area contributed by atoms with Crippen LogP contribution in [-0.2, 0) is 6.54 Å². The number of fused-ring (bicyclic) bond motifs is 1. The molecule has 106 valence electrons. The third kappa shape index (κ3) is 3.22. The molecular formula is C15H23ClN2O. The van der Waals surface area contributed by atoms with Gasteiger partial charge in [0.25, 0.3) is 0 Å². The average Bonchev–Trinajstić information content (AvgIpc) is 2.87. The predicted molar refractivity (Wildman–Crippen MR) is 80.0 cm³/mol. The van der Waals surface area contributed by atoms with Crippen molar-refractivity contribution in [3.05, 3.63) is 29.8 Å². The van der Waals surface area contributed by atoms with Crippen molar-refractivity contribution in [3.8, 4) is 5.75 Å². The van der Waals surface area contributed by atoms with Gasteiger partial charge in [0, 0.05) is 18.7 Å². The summed E-state index contributed by atoms with van der Waals surface area (Å²) in [7, 11) is 1.76. The van der Waals surface area contributed by atoms with Crippen molar-refractivity contribution in [2.45, 2.75) is 13.0 Å². The number of piperidine rings is 1. The second-order valence-electron chi connectivity index (χ2n) is 5.51. The SMILES string of the molecule is COc1ccccc1CN1CCC2CNCC2C1.Cl. The van der Waals surface area contributed by atoms with E-state index in [-0.39, 0.29) is 12.4 Å². The normalized spacial score (nSPS) is 26.6. The molecule has 2 heterocycles. The Morgan fingerprint density at radius 3 is 2.89 bits per heavy atom. The Balaban J connectivity index is 0.00000133. The molecule has 0 aromatic heterocycles. The molecule has 1 N–H and O–H groups in total. The number of para-hydroxylation sites is 1. The molecule has 0 amide bonds. The van der Waals surface area contributed by atoms with Crippen LogP contribution in [0.5, 0.6) is 5.75 Å². The molecule has 1 aromatic carbocycles. The standard InChI is InChI=1S/C15H22N2O.ClH/c1-18-15-5-3-2-4-13(15)10-17-7-6-12-8-16-9-14(12)11-17;/h2-5,12,14,16H,6-11H2,1H3;1H. The molecule has 4 heteroatoms. The molecule has 2 aliphatic rings. The Morgan fingerprint density at radius 1 is 1.26 bits per heavy atom. The molecule has 0 aliphatic carbocycles. The van der Waals surface area contributed by atoms with Gasteiger partial charge in [-0.15, -0.1) is 12.4 Å². The molecule has 3 rings (SSSR count). The third-order valence-electron chi connectivity index (χ3n) is 4.38. The van der Waals surface area contributed by atoms with Gasteiger partial charge < -0.3 is 10.1 Å². The van der Waals surface area contributed by atoms with E-state index in [4.69, 9.17) is 4.74 Å². The first-order valence-electron chi connectivity index (χ1n) is 6.92. The molecule has 19 heavy (non-hydrogen) atoms. The van der Waals surface area contributed by atoms with Crippen molar-refractivity contribution < 1.29 is 4.74 Å². The largest absolute Gasteiger partial charge is 0.496 e. The summed E-state index contributed by atoms with van der Waals surface area (Å²) in [6, 6.07) is 8.37. The van der Waals surface area contributed by atoms with Gasteiger partial charge in [0.05, 0.1) is 7.11 Å². The zero-order valence-electron chi connectivity index (χ0n) is 11.5. The lowest BCUT2D eigenvalue weighted by molar-refractivity contribution is 0.141. The van der Waals surface area contributed by atoms with E-state index in [0.29, 0.717) is 0 Å². The Labute approximate surface area is 121 Å². The van der Waals surface area contributed by atoms with Gasteiger partial charge in [-0.05, 0) is 44.0 Å². The molecule has 0 saturated carbocycles. The van der Waals surface area contributed by atoms with E-state index in [1.807, 2.05) is 6.07 Å². The number of nitrogens with zero attached hydrogens (tertiary/aromatic N) is 1. The highest BCUT2D eigenvalue weighted by Gasteiger charge is 2.32. The lowest BCUT2D eigenvalue weighted by atomic mass is 9.88. The number of hydrogen-bond donors (Lipinski definition) is 1. The number of nitrogens with one attached hydrogen (secondary N) is 1. The Morgan fingerprint density at radius 2 is 2.05 bits per heavy atom. The molecule has 2 saturated heterocycles. The van der Waals surface area contributed by atoms with Gasteiger partial charge >= 0.3 is 0 Å². The van der Waals surface area contributed by atoms with Gasteiger partial charge in [-0.3, -0.25) is 4.90 Å². The predicted octanol–water partition coefficient (Wildman–Crippen LogP) is 2.16. The van der Waals surface area contributed by atoms with Gasteiger partial charge in [0.2, 0.25) is 0 Å². The number of ether oxygens (including phenoxy) is 1. The maximum Gasteiger partial charge on any atom is 0.123 e. The van der Waals surface area contributed by atoms with Crippen molar-refractivity contribution in [2.24, 2.45) is 11.8 Å². The Kier molecular flexibility index (Phi) is 5.08. The average molecular weight is 283 g/mol. The van der Waals surface area contributed by atoms with E-state index in [9.17, 15) is 0 Å². The van der Waals surface area contributed by atoms with E-state index in [0.717, 1.165) is 24.1 Å². The molecule has 2 atom stereocenters. The summed E-state index contributed by atoms with van der Waals surface area (Å²) in [5.74, 6) is 2.79. The summed E-state index contributed by atoms with van der Waals surface area (Å²) in [5, 5.41) is 3.52. The van der Waals surface area contributed by atoms with Gasteiger partial charge in [-0.25, -0.2) is 0 Å². The van der Waals surface area contributed by atoms with E-state index in [2.05, 4.69) is 28.4 Å². The van der Waals surface area contributed by atoms with Crippen molar-refractivity contribution >= 4 is 12.4 Å².